The van der Waals surface area contributed by atoms with E-state index in [0.717, 1.165) is 22.2 Å². The highest BCUT2D eigenvalue weighted by molar-refractivity contribution is 5.81. The van der Waals surface area contributed by atoms with Crippen LogP contribution in [0.4, 0.5) is 4.39 Å². The van der Waals surface area contributed by atoms with Crippen LogP contribution in [0, 0.1) is 5.82 Å². The molecule has 5 nitrogen and oxygen atoms in total. The molecule has 0 bridgehead atoms. The molecule has 0 aliphatic rings. The monoisotopic (exact) mass is 403 g/mol. The Morgan fingerprint density at radius 1 is 1.07 bits per heavy atom. The number of nitrogens with one attached hydrogen (secondary N) is 1. The van der Waals surface area contributed by atoms with Crippen LogP contribution in [0.3, 0.4) is 0 Å². The zero-order valence-electron chi connectivity index (χ0n) is 16.7. The number of carbonyl (C=O) groups excluding carboxylic acids is 1. The molecule has 2 unspecified atom stereocenters. The van der Waals surface area contributed by atoms with Gasteiger partial charge in [0.1, 0.15) is 17.7 Å². The Balaban J connectivity index is 1.64. The van der Waals surface area contributed by atoms with Crippen LogP contribution in [-0.4, -0.2) is 21.7 Å². The SMILES string of the molecule is CC(=O)NC(C)C(Oc1ccc2c(cnn2-c2ccc(F)cc2)c1)c1ccccc1. The molecule has 30 heavy (non-hydrogen) atoms. The van der Waals surface area contributed by atoms with Crippen LogP contribution in [0.2, 0.25) is 0 Å². The average molecular weight is 403 g/mol. The van der Waals surface area contributed by atoms with E-state index in [4.69, 9.17) is 4.74 Å². The summed E-state index contributed by atoms with van der Waals surface area (Å²) in [4.78, 5) is 11.6. The highest BCUT2D eigenvalue weighted by Crippen LogP contribution is 2.29. The van der Waals surface area contributed by atoms with Crippen molar-refractivity contribution in [1.29, 1.82) is 0 Å². The minimum Gasteiger partial charge on any atom is -0.484 e. The molecule has 1 aromatic heterocycles. The Morgan fingerprint density at radius 2 is 1.80 bits per heavy atom. The van der Waals surface area contributed by atoms with Crippen LogP contribution in [0.15, 0.2) is 79.0 Å². The number of benzene rings is 3. The quantitative estimate of drug-likeness (QED) is 0.503. The van der Waals surface area contributed by atoms with E-state index in [-0.39, 0.29) is 23.9 Å². The second-order valence-electron chi connectivity index (χ2n) is 7.19. The van der Waals surface area contributed by atoms with Crippen molar-refractivity contribution < 1.29 is 13.9 Å². The fraction of sp³-hybridized carbons (Fsp3) is 0.167. The molecule has 0 aliphatic heterocycles. The molecule has 6 heteroatoms. The van der Waals surface area contributed by atoms with Crippen molar-refractivity contribution in [2.45, 2.75) is 26.0 Å². The van der Waals surface area contributed by atoms with Crippen LogP contribution in [0.1, 0.15) is 25.5 Å². The first kappa shape index (κ1) is 19.6. The molecule has 1 amide bonds. The Hall–Kier alpha value is -3.67. The van der Waals surface area contributed by atoms with Crippen molar-refractivity contribution >= 4 is 16.8 Å². The van der Waals surface area contributed by atoms with Crippen molar-refractivity contribution in [1.82, 2.24) is 15.1 Å². The van der Waals surface area contributed by atoms with E-state index in [1.54, 1.807) is 23.0 Å². The first-order chi connectivity index (χ1) is 14.5. The Labute approximate surface area is 174 Å². The fourth-order valence-corrected chi connectivity index (χ4v) is 3.52. The number of rotatable bonds is 6. The standard InChI is InChI=1S/C24H22FN3O2/c1-16(27-17(2)29)24(18-6-4-3-5-7-18)30-22-12-13-23-19(14-22)15-26-28(23)21-10-8-20(25)9-11-21/h3-16,24H,1-2H3,(H,27,29). The fourth-order valence-electron chi connectivity index (χ4n) is 3.52. The van der Waals surface area contributed by atoms with Crippen LogP contribution in [-0.2, 0) is 4.79 Å². The number of fused-ring (bicyclic) bond motifs is 1. The molecule has 152 valence electrons. The summed E-state index contributed by atoms with van der Waals surface area (Å²) in [6.45, 7) is 3.42. The topological polar surface area (TPSA) is 56.1 Å². The summed E-state index contributed by atoms with van der Waals surface area (Å²) in [5.41, 5.74) is 2.64. The third kappa shape index (κ3) is 4.17. The second kappa shape index (κ2) is 8.37. The predicted molar refractivity (Wildman–Crippen MR) is 114 cm³/mol. The lowest BCUT2D eigenvalue weighted by molar-refractivity contribution is -0.120. The van der Waals surface area contributed by atoms with Crippen molar-refractivity contribution in [3.63, 3.8) is 0 Å². The molecule has 0 spiro atoms. The number of carbonyl (C=O) groups is 1. The minimum absolute atomic E-state index is 0.108. The predicted octanol–water partition coefficient (Wildman–Crippen LogP) is 4.81. The molecular formula is C24H22FN3O2. The number of nitrogens with zero attached hydrogens (tertiary/aromatic N) is 2. The van der Waals surface area contributed by atoms with Crippen LogP contribution >= 0.6 is 0 Å². The maximum Gasteiger partial charge on any atom is 0.217 e. The highest BCUT2D eigenvalue weighted by atomic mass is 19.1. The lowest BCUT2D eigenvalue weighted by atomic mass is 10.0. The van der Waals surface area contributed by atoms with E-state index in [9.17, 15) is 9.18 Å². The number of ether oxygens (including phenoxy) is 1. The van der Waals surface area contributed by atoms with E-state index in [1.165, 1.54) is 19.1 Å². The lowest BCUT2D eigenvalue weighted by Crippen LogP contribution is -2.37. The molecular weight excluding hydrogens is 381 g/mol. The van der Waals surface area contributed by atoms with Gasteiger partial charge < -0.3 is 10.1 Å². The third-order valence-corrected chi connectivity index (χ3v) is 4.89. The highest BCUT2D eigenvalue weighted by Gasteiger charge is 2.22. The Bertz CT molecular complexity index is 1160. The summed E-state index contributed by atoms with van der Waals surface area (Å²) >= 11 is 0. The molecule has 0 fully saturated rings. The molecule has 0 saturated carbocycles. The summed E-state index contributed by atoms with van der Waals surface area (Å²) in [5.74, 6) is 0.279. The minimum atomic E-state index is -0.348. The maximum absolute atomic E-state index is 13.2. The van der Waals surface area contributed by atoms with Gasteiger partial charge in [0.15, 0.2) is 0 Å². The zero-order valence-corrected chi connectivity index (χ0v) is 16.7. The van der Waals surface area contributed by atoms with Gasteiger partial charge >= 0.3 is 0 Å². The van der Waals surface area contributed by atoms with Gasteiger partial charge in [-0.15, -0.1) is 0 Å². The summed E-state index contributed by atoms with van der Waals surface area (Å²) in [7, 11) is 0. The molecule has 0 saturated heterocycles. The van der Waals surface area contributed by atoms with Gasteiger partial charge in [-0.3, -0.25) is 4.79 Å². The summed E-state index contributed by atoms with van der Waals surface area (Å²) < 4.78 is 21.3. The average Bonchev–Trinajstić information content (AvgIpc) is 3.16. The molecule has 1 heterocycles. The maximum atomic E-state index is 13.2. The van der Waals surface area contributed by atoms with E-state index in [2.05, 4.69) is 10.4 Å². The van der Waals surface area contributed by atoms with Gasteiger partial charge in [0.05, 0.1) is 23.4 Å². The number of hydrogen-bond acceptors (Lipinski definition) is 3. The van der Waals surface area contributed by atoms with Crippen LogP contribution in [0.5, 0.6) is 5.75 Å². The van der Waals surface area contributed by atoms with Crippen molar-refractivity contribution in [2.75, 3.05) is 0 Å². The van der Waals surface area contributed by atoms with Crippen molar-refractivity contribution in [2.24, 2.45) is 0 Å². The van der Waals surface area contributed by atoms with Gasteiger partial charge in [-0.25, -0.2) is 9.07 Å². The van der Waals surface area contributed by atoms with Gasteiger partial charge in [0.25, 0.3) is 0 Å². The van der Waals surface area contributed by atoms with Crippen molar-refractivity contribution in [3.8, 4) is 11.4 Å². The van der Waals surface area contributed by atoms with Gasteiger partial charge in [-0.1, -0.05) is 30.3 Å². The van der Waals surface area contributed by atoms with E-state index in [0.29, 0.717) is 5.75 Å². The Morgan fingerprint density at radius 3 is 2.50 bits per heavy atom. The van der Waals surface area contributed by atoms with E-state index >= 15 is 0 Å². The molecule has 3 aromatic carbocycles. The van der Waals surface area contributed by atoms with Crippen LogP contribution in [0.25, 0.3) is 16.6 Å². The summed E-state index contributed by atoms with van der Waals surface area (Å²) in [6.07, 6.45) is 1.40. The number of halogens is 1. The Kier molecular flexibility index (Phi) is 5.48. The number of aromatic nitrogens is 2. The van der Waals surface area contributed by atoms with Gasteiger partial charge in [-0.2, -0.15) is 5.10 Å². The van der Waals surface area contributed by atoms with E-state index in [1.807, 2.05) is 55.5 Å². The molecule has 4 rings (SSSR count). The third-order valence-electron chi connectivity index (χ3n) is 4.89. The smallest absolute Gasteiger partial charge is 0.217 e. The van der Waals surface area contributed by atoms with Gasteiger partial charge in [0.2, 0.25) is 5.91 Å². The molecule has 1 N–H and O–H groups in total. The molecule has 4 aromatic rings. The largest absolute Gasteiger partial charge is 0.484 e. The summed E-state index contributed by atoms with van der Waals surface area (Å²) in [6, 6.07) is 21.5. The van der Waals surface area contributed by atoms with Crippen LogP contribution < -0.4 is 10.1 Å². The number of amides is 1. The van der Waals surface area contributed by atoms with Gasteiger partial charge in [0, 0.05) is 12.3 Å². The molecule has 0 aliphatic carbocycles. The first-order valence-electron chi connectivity index (χ1n) is 9.74. The normalized spacial score (nSPS) is 13.0. The first-order valence-corrected chi connectivity index (χ1v) is 9.74. The molecule has 2 atom stereocenters. The van der Waals surface area contributed by atoms with E-state index < -0.39 is 0 Å². The summed E-state index contributed by atoms with van der Waals surface area (Å²) in [5, 5.41) is 8.25. The second-order valence-corrected chi connectivity index (χ2v) is 7.19. The molecule has 0 radical (unpaired) electrons. The zero-order chi connectivity index (χ0) is 21.1. The van der Waals surface area contributed by atoms with Gasteiger partial charge in [-0.05, 0) is 55.0 Å². The van der Waals surface area contributed by atoms with Crippen molar-refractivity contribution in [3.05, 3.63) is 90.4 Å². The lowest BCUT2D eigenvalue weighted by Gasteiger charge is -2.26. The number of hydrogen-bond donors (Lipinski definition) is 1.